The number of carboxylic acid groups (broad SMARTS) is 2. The molecular weight excluding hydrogens is 665 g/mol. The number of aryl methyl sites for hydroxylation is 1. The molecule has 0 unspecified atom stereocenters. The highest BCUT2D eigenvalue weighted by molar-refractivity contribution is 7.90. The summed E-state index contributed by atoms with van der Waals surface area (Å²) < 4.78 is 78.0. The van der Waals surface area contributed by atoms with E-state index in [-0.39, 0.29) is 41.7 Å². The number of alkyl halides is 3. The van der Waals surface area contributed by atoms with Gasteiger partial charge in [0.1, 0.15) is 17.2 Å². The second-order valence-corrected chi connectivity index (χ2v) is 13.2. The van der Waals surface area contributed by atoms with E-state index in [1.165, 1.54) is 18.2 Å². The smallest absolute Gasteiger partial charge is 0.494 e. The van der Waals surface area contributed by atoms with E-state index < -0.39 is 33.9 Å². The Bertz CT molecular complexity index is 1640. The van der Waals surface area contributed by atoms with Crippen molar-refractivity contribution in [3.63, 3.8) is 0 Å². The fourth-order valence-electron chi connectivity index (χ4n) is 4.81. The third kappa shape index (κ3) is 13.0. The molecular formula is C33H36ClF3O9S. The SMILES string of the molecule is CS(=O)(=O)c1cc(OCCCCCCc2cccc(OCCCC(=O)O)c2CCC(=O)O)cc(-c2ccc(OC(F)(F)F)cc2Cl)c1. The van der Waals surface area contributed by atoms with Gasteiger partial charge in [0.15, 0.2) is 9.84 Å². The number of halogens is 4. The second-order valence-electron chi connectivity index (χ2n) is 10.8. The van der Waals surface area contributed by atoms with E-state index in [4.69, 9.17) is 26.2 Å². The highest BCUT2D eigenvalue weighted by Gasteiger charge is 2.31. The van der Waals surface area contributed by atoms with Crippen molar-refractivity contribution in [1.82, 2.24) is 0 Å². The number of hydrogen-bond donors (Lipinski definition) is 2. The van der Waals surface area contributed by atoms with Crippen molar-refractivity contribution in [2.45, 2.75) is 69.0 Å². The predicted molar refractivity (Wildman–Crippen MR) is 169 cm³/mol. The Morgan fingerprint density at radius 1 is 0.809 bits per heavy atom. The number of aliphatic carboxylic acids is 2. The summed E-state index contributed by atoms with van der Waals surface area (Å²) in [6.07, 6.45) is 0.462. The van der Waals surface area contributed by atoms with Crippen molar-refractivity contribution >= 4 is 33.4 Å². The van der Waals surface area contributed by atoms with Crippen molar-refractivity contribution in [3.05, 3.63) is 70.7 Å². The first-order valence-corrected chi connectivity index (χ1v) is 17.1. The maximum absolute atomic E-state index is 12.6. The van der Waals surface area contributed by atoms with Gasteiger partial charge in [-0.05, 0) is 91.3 Å². The lowest BCUT2D eigenvalue weighted by molar-refractivity contribution is -0.274. The molecule has 0 saturated carbocycles. The van der Waals surface area contributed by atoms with Gasteiger partial charge in [0, 0.05) is 24.7 Å². The van der Waals surface area contributed by atoms with Gasteiger partial charge >= 0.3 is 18.3 Å². The summed E-state index contributed by atoms with van der Waals surface area (Å²) >= 11 is 6.23. The van der Waals surface area contributed by atoms with Crippen LogP contribution >= 0.6 is 11.6 Å². The highest BCUT2D eigenvalue weighted by Crippen LogP contribution is 2.36. The summed E-state index contributed by atoms with van der Waals surface area (Å²) in [7, 11) is -3.66. The van der Waals surface area contributed by atoms with Crippen molar-refractivity contribution in [3.8, 4) is 28.4 Å². The number of rotatable bonds is 19. The summed E-state index contributed by atoms with van der Waals surface area (Å²) in [6, 6.07) is 13.2. The molecule has 0 amide bonds. The normalized spacial score (nSPS) is 11.7. The van der Waals surface area contributed by atoms with Crippen LogP contribution in [0, 0.1) is 0 Å². The third-order valence-electron chi connectivity index (χ3n) is 7.01. The Balaban J connectivity index is 1.59. The Morgan fingerprint density at radius 2 is 1.51 bits per heavy atom. The summed E-state index contributed by atoms with van der Waals surface area (Å²) in [5.74, 6) is -1.53. The van der Waals surface area contributed by atoms with E-state index in [9.17, 15) is 36.3 Å². The molecule has 0 aromatic heterocycles. The predicted octanol–water partition coefficient (Wildman–Crippen LogP) is 7.75. The van der Waals surface area contributed by atoms with E-state index in [0.717, 1.165) is 48.8 Å². The average Bonchev–Trinajstić information content (AvgIpc) is 2.96. The van der Waals surface area contributed by atoms with Crippen molar-refractivity contribution in [2.24, 2.45) is 0 Å². The summed E-state index contributed by atoms with van der Waals surface area (Å²) in [4.78, 5) is 22.0. The second kappa shape index (κ2) is 17.3. The minimum atomic E-state index is -4.89. The lowest BCUT2D eigenvalue weighted by Gasteiger charge is -2.15. The maximum atomic E-state index is 12.6. The average molecular weight is 701 g/mol. The molecule has 0 bridgehead atoms. The van der Waals surface area contributed by atoms with Crippen LogP contribution in [0.3, 0.4) is 0 Å². The van der Waals surface area contributed by atoms with Gasteiger partial charge in [-0.3, -0.25) is 9.59 Å². The molecule has 0 aliphatic carbocycles. The molecule has 0 fully saturated rings. The van der Waals surface area contributed by atoms with Gasteiger partial charge in [-0.15, -0.1) is 13.2 Å². The van der Waals surface area contributed by atoms with Crippen LogP contribution in [0.5, 0.6) is 17.2 Å². The van der Waals surface area contributed by atoms with Gasteiger partial charge in [-0.2, -0.15) is 0 Å². The first kappa shape index (κ1) is 37.5. The molecule has 9 nitrogen and oxygen atoms in total. The Labute approximate surface area is 276 Å². The molecule has 47 heavy (non-hydrogen) atoms. The molecule has 3 aromatic rings. The summed E-state index contributed by atoms with van der Waals surface area (Å²) in [5, 5.41) is 18.0. The molecule has 2 N–H and O–H groups in total. The number of ether oxygens (including phenoxy) is 3. The van der Waals surface area contributed by atoms with Gasteiger partial charge in [0.2, 0.25) is 0 Å². The van der Waals surface area contributed by atoms with Gasteiger partial charge < -0.3 is 24.4 Å². The molecule has 0 atom stereocenters. The summed E-state index contributed by atoms with van der Waals surface area (Å²) in [5.41, 5.74) is 2.42. The third-order valence-corrected chi connectivity index (χ3v) is 8.42. The Morgan fingerprint density at radius 3 is 2.17 bits per heavy atom. The van der Waals surface area contributed by atoms with E-state index >= 15 is 0 Å². The zero-order valence-electron chi connectivity index (χ0n) is 25.6. The number of sulfone groups is 1. The van der Waals surface area contributed by atoms with Crippen LogP contribution < -0.4 is 14.2 Å². The van der Waals surface area contributed by atoms with Crippen molar-refractivity contribution in [1.29, 1.82) is 0 Å². The zero-order chi connectivity index (χ0) is 34.6. The van der Waals surface area contributed by atoms with E-state index in [1.807, 2.05) is 12.1 Å². The standard InChI is InChI=1S/C33H36ClF3O9S/c1-47(42,43)26-19-23(27-13-12-24(21-29(27)34)46-33(35,36)37)18-25(20-26)44-16-5-3-2-4-8-22-9-6-10-30(28(22)14-15-32(40)41)45-17-7-11-31(38)39/h6,9-10,12-13,18-21H,2-5,7-8,11,14-17H2,1H3,(H,38,39)(H,40,41). The van der Waals surface area contributed by atoms with Crippen molar-refractivity contribution < 1.29 is 55.6 Å². The Hall–Kier alpha value is -3.97. The fraction of sp³-hybridized carbons (Fsp3) is 0.394. The lowest BCUT2D eigenvalue weighted by Crippen LogP contribution is -2.17. The first-order valence-electron chi connectivity index (χ1n) is 14.8. The molecule has 0 aliphatic rings. The largest absolute Gasteiger partial charge is 0.573 e. The van der Waals surface area contributed by atoms with Crippen LogP contribution in [0.15, 0.2) is 59.5 Å². The monoisotopic (exact) mass is 700 g/mol. The molecule has 0 heterocycles. The highest BCUT2D eigenvalue weighted by atomic mass is 35.5. The summed E-state index contributed by atoms with van der Waals surface area (Å²) in [6.45, 7) is 0.489. The lowest BCUT2D eigenvalue weighted by atomic mass is 9.97. The van der Waals surface area contributed by atoms with Crippen LogP contribution in [-0.2, 0) is 32.3 Å². The zero-order valence-corrected chi connectivity index (χ0v) is 27.2. The van der Waals surface area contributed by atoms with E-state index in [2.05, 4.69) is 4.74 Å². The molecule has 0 aliphatic heterocycles. The molecule has 3 rings (SSSR count). The van der Waals surface area contributed by atoms with Crippen LogP contribution in [0.25, 0.3) is 11.1 Å². The van der Waals surface area contributed by atoms with Crippen LogP contribution in [0.4, 0.5) is 13.2 Å². The Kier molecular flexibility index (Phi) is 13.8. The molecule has 0 saturated heterocycles. The minimum Gasteiger partial charge on any atom is -0.494 e. The van der Waals surface area contributed by atoms with Crippen LogP contribution in [0.2, 0.25) is 5.02 Å². The van der Waals surface area contributed by atoms with Crippen molar-refractivity contribution in [2.75, 3.05) is 19.5 Å². The molecule has 0 radical (unpaired) electrons. The van der Waals surface area contributed by atoms with Gasteiger partial charge in [0.05, 0.1) is 23.1 Å². The minimum absolute atomic E-state index is 0.0233. The molecule has 256 valence electrons. The number of carbonyl (C=O) groups is 2. The maximum Gasteiger partial charge on any atom is 0.573 e. The molecule has 3 aromatic carbocycles. The number of unbranched alkanes of at least 4 members (excludes halogenated alkanes) is 3. The number of carboxylic acids is 2. The first-order chi connectivity index (χ1) is 22.1. The van der Waals surface area contributed by atoms with Gasteiger partial charge in [-0.1, -0.05) is 36.6 Å². The van der Waals surface area contributed by atoms with Crippen LogP contribution in [0.1, 0.15) is 56.1 Å². The fourth-order valence-corrected chi connectivity index (χ4v) is 5.77. The van der Waals surface area contributed by atoms with Crippen LogP contribution in [-0.4, -0.2) is 56.4 Å². The molecule has 14 heteroatoms. The topological polar surface area (TPSA) is 136 Å². The van der Waals surface area contributed by atoms with Gasteiger partial charge in [-0.25, -0.2) is 8.42 Å². The van der Waals surface area contributed by atoms with E-state index in [1.54, 1.807) is 12.1 Å². The quantitative estimate of drug-likeness (QED) is 0.120. The molecule has 0 spiro atoms. The number of hydrogen-bond acceptors (Lipinski definition) is 7. The van der Waals surface area contributed by atoms with E-state index in [0.29, 0.717) is 42.6 Å². The van der Waals surface area contributed by atoms with Gasteiger partial charge in [0.25, 0.3) is 0 Å². The number of benzene rings is 3.